The van der Waals surface area contributed by atoms with Gasteiger partial charge in [-0.15, -0.1) is 0 Å². The Kier molecular flexibility index (Phi) is 7.84. The number of amides is 2. The molecule has 0 atom stereocenters. The second kappa shape index (κ2) is 10.8. The number of hydrogen-bond donors (Lipinski definition) is 1. The average Bonchev–Trinajstić information content (AvgIpc) is 3.00. The number of ether oxygens (including phenoxy) is 2. The van der Waals surface area contributed by atoms with Crippen LogP contribution in [0.5, 0.6) is 5.75 Å². The summed E-state index contributed by atoms with van der Waals surface area (Å²) in [4.78, 5) is 27.7. The van der Waals surface area contributed by atoms with E-state index in [4.69, 9.17) is 9.47 Å². The SMILES string of the molecule is CCCOc1cccc(NC2=C(c3ccc(C)cc3)C(=O)N(CCCOCC)C2=O)c1. The second-order valence-corrected chi connectivity index (χ2v) is 7.43. The van der Waals surface area contributed by atoms with Crippen LogP contribution in [0, 0.1) is 6.92 Å². The summed E-state index contributed by atoms with van der Waals surface area (Å²) in [6.07, 6.45) is 1.50. The molecule has 2 amide bonds. The lowest BCUT2D eigenvalue weighted by molar-refractivity contribution is -0.137. The van der Waals surface area contributed by atoms with Crippen molar-refractivity contribution in [2.75, 3.05) is 31.7 Å². The third-order valence-corrected chi connectivity index (χ3v) is 4.96. The van der Waals surface area contributed by atoms with E-state index in [0.717, 1.165) is 23.3 Å². The lowest BCUT2D eigenvalue weighted by atomic mass is 10.0. The van der Waals surface area contributed by atoms with Crippen molar-refractivity contribution in [1.82, 2.24) is 4.90 Å². The van der Waals surface area contributed by atoms with Crippen LogP contribution in [-0.2, 0) is 14.3 Å². The van der Waals surface area contributed by atoms with Crippen LogP contribution >= 0.6 is 0 Å². The number of aryl methyl sites for hydroxylation is 1. The molecule has 6 heteroatoms. The van der Waals surface area contributed by atoms with Gasteiger partial charge in [-0.05, 0) is 44.4 Å². The first-order valence-electron chi connectivity index (χ1n) is 10.8. The molecule has 164 valence electrons. The molecule has 1 aliphatic rings. The van der Waals surface area contributed by atoms with Crippen LogP contribution in [0.1, 0.15) is 37.8 Å². The maximum absolute atomic E-state index is 13.2. The second-order valence-electron chi connectivity index (χ2n) is 7.43. The van der Waals surface area contributed by atoms with Crippen molar-refractivity contribution < 1.29 is 19.1 Å². The molecule has 6 nitrogen and oxygen atoms in total. The minimum absolute atomic E-state index is 0.286. The van der Waals surface area contributed by atoms with Crippen molar-refractivity contribution in [3.8, 4) is 5.75 Å². The van der Waals surface area contributed by atoms with E-state index in [2.05, 4.69) is 5.32 Å². The molecule has 0 radical (unpaired) electrons. The van der Waals surface area contributed by atoms with Crippen LogP contribution in [0.25, 0.3) is 5.57 Å². The van der Waals surface area contributed by atoms with Gasteiger partial charge in [0.15, 0.2) is 0 Å². The summed E-state index contributed by atoms with van der Waals surface area (Å²) in [6.45, 7) is 8.00. The van der Waals surface area contributed by atoms with E-state index in [1.54, 1.807) is 0 Å². The monoisotopic (exact) mass is 422 g/mol. The summed E-state index contributed by atoms with van der Waals surface area (Å²) >= 11 is 0. The number of nitrogens with one attached hydrogen (secondary N) is 1. The first-order chi connectivity index (χ1) is 15.0. The molecule has 0 saturated carbocycles. The van der Waals surface area contributed by atoms with E-state index >= 15 is 0 Å². The zero-order valence-electron chi connectivity index (χ0n) is 18.4. The first-order valence-corrected chi connectivity index (χ1v) is 10.8. The third-order valence-electron chi connectivity index (χ3n) is 4.96. The van der Waals surface area contributed by atoms with Crippen LogP contribution in [0.15, 0.2) is 54.2 Å². The molecule has 2 aromatic rings. The highest BCUT2D eigenvalue weighted by atomic mass is 16.5. The normalized spacial score (nSPS) is 13.8. The maximum Gasteiger partial charge on any atom is 0.278 e. The number of carbonyl (C=O) groups excluding carboxylic acids is 2. The lowest BCUT2D eigenvalue weighted by Gasteiger charge is -2.15. The van der Waals surface area contributed by atoms with Crippen LogP contribution in [-0.4, -0.2) is 43.1 Å². The molecular formula is C25H30N2O4. The molecule has 1 aliphatic heterocycles. The lowest BCUT2D eigenvalue weighted by Crippen LogP contribution is -2.34. The van der Waals surface area contributed by atoms with Crippen LogP contribution in [0.4, 0.5) is 5.69 Å². The number of nitrogens with zero attached hydrogens (tertiary/aromatic N) is 1. The Morgan fingerprint density at radius 1 is 0.968 bits per heavy atom. The molecule has 0 saturated heterocycles. The quantitative estimate of drug-likeness (QED) is 0.429. The summed E-state index contributed by atoms with van der Waals surface area (Å²) in [6, 6.07) is 15.1. The number of benzene rings is 2. The van der Waals surface area contributed by atoms with Crippen molar-refractivity contribution in [3.05, 3.63) is 65.4 Å². The van der Waals surface area contributed by atoms with E-state index in [0.29, 0.717) is 44.0 Å². The molecule has 31 heavy (non-hydrogen) atoms. The molecule has 1 heterocycles. The van der Waals surface area contributed by atoms with Gasteiger partial charge in [0.2, 0.25) is 0 Å². The molecule has 2 aromatic carbocycles. The molecule has 0 fully saturated rings. The maximum atomic E-state index is 13.2. The number of hydrogen-bond acceptors (Lipinski definition) is 5. The highest BCUT2D eigenvalue weighted by Crippen LogP contribution is 2.31. The van der Waals surface area contributed by atoms with Crippen LogP contribution in [0.3, 0.4) is 0 Å². The van der Waals surface area contributed by atoms with Crippen molar-refractivity contribution >= 4 is 23.1 Å². The van der Waals surface area contributed by atoms with E-state index in [1.807, 2.05) is 69.3 Å². The summed E-state index contributed by atoms with van der Waals surface area (Å²) in [7, 11) is 0. The molecule has 3 rings (SSSR count). The standard InChI is InChI=1S/C25H30N2O4/c1-4-15-31-21-9-6-8-20(17-21)26-23-22(19-12-10-18(3)11-13-19)24(28)27(25(23)29)14-7-16-30-5-2/h6,8-13,17,26H,4-5,7,14-16H2,1-3H3. The highest BCUT2D eigenvalue weighted by molar-refractivity contribution is 6.36. The van der Waals surface area contributed by atoms with Crippen LogP contribution in [0.2, 0.25) is 0 Å². The zero-order valence-corrected chi connectivity index (χ0v) is 18.4. The number of imide groups is 1. The van der Waals surface area contributed by atoms with Crippen molar-refractivity contribution in [2.24, 2.45) is 0 Å². The average molecular weight is 423 g/mol. The van der Waals surface area contributed by atoms with Gasteiger partial charge in [-0.3, -0.25) is 14.5 Å². The molecule has 0 aliphatic carbocycles. The highest BCUT2D eigenvalue weighted by Gasteiger charge is 2.38. The van der Waals surface area contributed by atoms with Crippen molar-refractivity contribution in [2.45, 2.75) is 33.6 Å². The Balaban J connectivity index is 1.90. The van der Waals surface area contributed by atoms with Gasteiger partial charge < -0.3 is 14.8 Å². The van der Waals surface area contributed by atoms with E-state index < -0.39 is 0 Å². The Morgan fingerprint density at radius 2 is 1.74 bits per heavy atom. The fraction of sp³-hybridized carbons (Fsp3) is 0.360. The third kappa shape index (κ3) is 5.52. The molecule has 0 bridgehead atoms. The summed E-state index contributed by atoms with van der Waals surface area (Å²) < 4.78 is 11.1. The topological polar surface area (TPSA) is 67.9 Å². The Bertz CT molecular complexity index is 950. The van der Waals surface area contributed by atoms with Gasteiger partial charge in [0.25, 0.3) is 11.8 Å². The van der Waals surface area contributed by atoms with Crippen molar-refractivity contribution in [3.63, 3.8) is 0 Å². The van der Waals surface area contributed by atoms with Gasteiger partial charge in [-0.1, -0.05) is 42.8 Å². The van der Waals surface area contributed by atoms with Gasteiger partial charge >= 0.3 is 0 Å². The molecule has 1 N–H and O–H groups in total. The van der Waals surface area contributed by atoms with E-state index in [9.17, 15) is 9.59 Å². The summed E-state index contributed by atoms with van der Waals surface area (Å²) in [5.41, 5.74) is 3.19. The number of carbonyl (C=O) groups is 2. The number of rotatable bonds is 11. The van der Waals surface area contributed by atoms with E-state index in [-0.39, 0.29) is 17.5 Å². The number of anilines is 1. The summed E-state index contributed by atoms with van der Waals surface area (Å²) in [5, 5.41) is 3.19. The largest absolute Gasteiger partial charge is 0.494 e. The Labute approximate surface area is 183 Å². The Hall–Kier alpha value is -3.12. The van der Waals surface area contributed by atoms with Gasteiger partial charge in [0.1, 0.15) is 11.4 Å². The van der Waals surface area contributed by atoms with Gasteiger partial charge in [-0.2, -0.15) is 0 Å². The van der Waals surface area contributed by atoms with Gasteiger partial charge in [0, 0.05) is 31.5 Å². The minimum atomic E-state index is -0.322. The van der Waals surface area contributed by atoms with E-state index in [1.165, 1.54) is 4.90 Å². The molecule has 0 spiro atoms. The predicted molar refractivity (Wildman–Crippen MR) is 122 cm³/mol. The molecule has 0 aromatic heterocycles. The fourth-order valence-electron chi connectivity index (χ4n) is 3.38. The van der Waals surface area contributed by atoms with Crippen molar-refractivity contribution in [1.29, 1.82) is 0 Å². The first kappa shape index (κ1) is 22.6. The molecular weight excluding hydrogens is 392 g/mol. The minimum Gasteiger partial charge on any atom is -0.494 e. The van der Waals surface area contributed by atoms with Gasteiger partial charge in [0.05, 0.1) is 12.2 Å². The van der Waals surface area contributed by atoms with Crippen LogP contribution < -0.4 is 10.1 Å². The fourth-order valence-corrected chi connectivity index (χ4v) is 3.38. The molecule has 0 unspecified atom stereocenters. The zero-order chi connectivity index (χ0) is 22.2. The van der Waals surface area contributed by atoms with Gasteiger partial charge in [-0.25, -0.2) is 0 Å². The predicted octanol–water partition coefficient (Wildman–Crippen LogP) is 4.40. The Morgan fingerprint density at radius 3 is 2.45 bits per heavy atom. The summed E-state index contributed by atoms with van der Waals surface area (Å²) in [5.74, 6) is 0.109. The smallest absolute Gasteiger partial charge is 0.278 e.